The summed E-state index contributed by atoms with van der Waals surface area (Å²) in [7, 11) is 1.50. The fraction of sp³-hybridized carbons (Fsp3) is 0.222. The number of nitrogens with zero attached hydrogens (tertiary/aromatic N) is 1. The van der Waals surface area contributed by atoms with E-state index in [2.05, 4.69) is 5.32 Å². The molecule has 5 nitrogen and oxygen atoms in total. The monoisotopic (exact) mass is 346 g/mol. The first-order chi connectivity index (χ1) is 12.0. The number of para-hydroxylation sites is 1. The largest absolute Gasteiger partial charge is 0.484 e. The van der Waals surface area contributed by atoms with Gasteiger partial charge in [0.25, 0.3) is 5.91 Å². The first-order valence-corrected chi connectivity index (χ1v) is 7.70. The maximum Gasteiger partial charge on any atom is 0.265 e. The molecule has 2 aromatic rings. The molecule has 0 spiro atoms. The number of hydrogen-bond donors (Lipinski definition) is 1. The van der Waals surface area contributed by atoms with Crippen LogP contribution < -0.4 is 15.0 Å². The topological polar surface area (TPSA) is 58.6 Å². The summed E-state index contributed by atoms with van der Waals surface area (Å²) in [5.41, 5.74) is 1.51. The number of likely N-dealkylation sites (N-methyl/N-ethyl adjacent to an activating group) is 1. The molecular weight excluding hydrogens is 330 g/mol. The SMILES string of the molecule is CNC(=O)C1Cc2ccccc2N1C(=O)COc1cc(F)cc(F)c1. The number of halogens is 2. The second-order valence-corrected chi connectivity index (χ2v) is 5.62. The Morgan fingerprint density at radius 1 is 1.20 bits per heavy atom. The third-order valence-electron chi connectivity index (χ3n) is 3.99. The maximum atomic E-state index is 13.2. The highest BCUT2D eigenvalue weighted by atomic mass is 19.1. The van der Waals surface area contributed by atoms with Gasteiger partial charge < -0.3 is 10.1 Å². The first kappa shape index (κ1) is 16.9. The highest BCUT2D eigenvalue weighted by Gasteiger charge is 2.37. The third kappa shape index (κ3) is 3.45. The van der Waals surface area contributed by atoms with Crippen molar-refractivity contribution in [1.29, 1.82) is 0 Å². The zero-order valence-electron chi connectivity index (χ0n) is 13.5. The highest BCUT2D eigenvalue weighted by molar-refractivity contribution is 6.04. The minimum atomic E-state index is -0.794. The number of carbonyl (C=O) groups excluding carboxylic acids is 2. The Morgan fingerprint density at radius 2 is 1.88 bits per heavy atom. The van der Waals surface area contributed by atoms with Gasteiger partial charge in [-0.1, -0.05) is 18.2 Å². The lowest BCUT2D eigenvalue weighted by Crippen LogP contribution is -2.48. The van der Waals surface area contributed by atoms with E-state index in [9.17, 15) is 18.4 Å². The lowest BCUT2D eigenvalue weighted by molar-refractivity contribution is -0.126. The van der Waals surface area contributed by atoms with Crippen molar-refractivity contribution in [2.75, 3.05) is 18.6 Å². The van der Waals surface area contributed by atoms with E-state index >= 15 is 0 Å². The average Bonchev–Trinajstić information content (AvgIpc) is 2.97. The Balaban J connectivity index is 1.79. The van der Waals surface area contributed by atoms with Crippen molar-refractivity contribution in [2.24, 2.45) is 0 Å². The van der Waals surface area contributed by atoms with Gasteiger partial charge in [0.15, 0.2) is 6.61 Å². The van der Waals surface area contributed by atoms with Gasteiger partial charge in [0, 0.05) is 37.4 Å². The molecule has 0 fully saturated rings. The molecule has 1 heterocycles. The van der Waals surface area contributed by atoms with Gasteiger partial charge >= 0.3 is 0 Å². The third-order valence-corrected chi connectivity index (χ3v) is 3.99. The lowest BCUT2D eigenvalue weighted by atomic mass is 10.1. The number of anilines is 1. The summed E-state index contributed by atoms with van der Waals surface area (Å²) in [6.45, 7) is -0.440. The zero-order valence-corrected chi connectivity index (χ0v) is 13.5. The summed E-state index contributed by atoms with van der Waals surface area (Å²) >= 11 is 0. The molecule has 1 aliphatic heterocycles. The van der Waals surface area contributed by atoms with Crippen LogP contribution in [0.1, 0.15) is 5.56 Å². The molecule has 0 aromatic heterocycles. The van der Waals surface area contributed by atoms with E-state index in [4.69, 9.17) is 4.74 Å². The van der Waals surface area contributed by atoms with Crippen molar-refractivity contribution in [3.05, 3.63) is 59.7 Å². The second-order valence-electron chi connectivity index (χ2n) is 5.62. The van der Waals surface area contributed by atoms with Gasteiger partial charge in [-0.25, -0.2) is 8.78 Å². The maximum absolute atomic E-state index is 13.2. The number of hydrogen-bond acceptors (Lipinski definition) is 3. The van der Waals surface area contributed by atoms with Crippen molar-refractivity contribution in [2.45, 2.75) is 12.5 Å². The van der Waals surface area contributed by atoms with Gasteiger partial charge in [-0.15, -0.1) is 0 Å². The average molecular weight is 346 g/mol. The molecule has 25 heavy (non-hydrogen) atoms. The zero-order chi connectivity index (χ0) is 18.0. The molecule has 1 aliphatic rings. The molecule has 2 aromatic carbocycles. The van der Waals surface area contributed by atoms with E-state index in [1.165, 1.54) is 11.9 Å². The van der Waals surface area contributed by atoms with E-state index in [0.717, 1.165) is 17.7 Å². The van der Waals surface area contributed by atoms with Crippen molar-refractivity contribution in [3.63, 3.8) is 0 Å². The van der Waals surface area contributed by atoms with E-state index in [-0.39, 0.29) is 11.7 Å². The number of fused-ring (bicyclic) bond motifs is 1. The molecule has 0 saturated heterocycles. The molecule has 130 valence electrons. The van der Waals surface area contributed by atoms with Crippen LogP contribution in [0.3, 0.4) is 0 Å². The smallest absolute Gasteiger partial charge is 0.265 e. The van der Waals surface area contributed by atoms with Crippen molar-refractivity contribution >= 4 is 17.5 Å². The van der Waals surface area contributed by atoms with E-state index < -0.39 is 30.2 Å². The van der Waals surface area contributed by atoms with Crippen molar-refractivity contribution in [1.82, 2.24) is 5.32 Å². The van der Waals surface area contributed by atoms with Crippen LogP contribution in [0.2, 0.25) is 0 Å². The van der Waals surface area contributed by atoms with E-state index in [1.54, 1.807) is 12.1 Å². The van der Waals surface area contributed by atoms with Crippen LogP contribution in [0.25, 0.3) is 0 Å². The molecule has 1 atom stereocenters. The number of amides is 2. The van der Waals surface area contributed by atoms with Crippen molar-refractivity contribution in [3.8, 4) is 5.75 Å². The van der Waals surface area contributed by atoms with Crippen LogP contribution >= 0.6 is 0 Å². The van der Waals surface area contributed by atoms with Crippen LogP contribution in [0, 0.1) is 11.6 Å². The molecule has 1 N–H and O–H groups in total. The van der Waals surface area contributed by atoms with Gasteiger partial charge in [0.2, 0.25) is 5.91 Å². The number of ether oxygens (including phenoxy) is 1. The summed E-state index contributed by atoms with van der Waals surface area (Å²) in [5, 5.41) is 2.54. The summed E-state index contributed by atoms with van der Waals surface area (Å²) in [6, 6.07) is 9.22. The predicted octanol–water partition coefficient (Wildman–Crippen LogP) is 2.05. The molecule has 0 radical (unpaired) electrons. The molecule has 1 unspecified atom stereocenters. The number of benzene rings is 2. The summed E-state index contributed by atoms with van der Waals surface area (Å²) in [4.78, 5) is 26.1. The number of carbonyl (C=O) groups is 2. The second kappa shape index (κ2) is 6.88. The highest BCUT2D eigenvalue weighted by Crippen LogP contribution is 2.32. The molecule has 7 heteroatoms. The van der Waals surface area contributed by atoms with Gasteiger partial charge in [-0.3, -0.25) is 14.5 Å². The Kier molecular flexibility index (Phi) is 4.65. The summed E-state index contributed by atoms with van der Waals surface area (Å²) in [5.74, 6) is -2.44. The minimum absolute atomic E-state index is 0.0881. The van der Waals surface area contributed by atoms with Crippen LogP contribution in [0.4, 0.5) is 14.5 Å². The van der Waals surface area contributed by atoms with Gasteiger partial charge in [-0.05, 0) is 11.6 Å². The molecule has 0 bridgehead atoms. The molecular formula is C18H16F2N2O3. The quantitative estimate of drug-likeness (QED) is 0.922. The van der Waals surface area contributed by atoms with Crippen LogP contribution in [0.15, 0.2) is 42.5 Å². The number of rotatable bonds is 4. The normalized spacial score (nSPS) is 15.6. The Bertz CT molecular complexity index is 805. The first-order valence-electron chi connectivity index (χ1n) is 7.70. The van der Waals surface area contributed by atoms with E-state index in [0.29, 0.717) is 18.2 Å². The number of nitrogens with one attached hydrogen (secondary N) is 1. The molecule has 0 saturated carbocycles. The fourth-order valence-electron chi connectivity index (χ4n) is 2.90. The Hall–Kier alpha value is -2.96. The van der Waals surface area contributed by atoms with Crippen LogP contribution in [0.5, 0.6) is 5.75 Å². The predicted molar refractivity (Wildman–Crippen MR) is 87.3 cm³/mol. The van der Waals surface area contributed by atoms with Crippen LogP contribution in [-0.2, 0) is 16.0 Å². The van der Waals surface area contributed by atoms with E-state index in [1.807, 2.05) is 12.1 Å². The lowest BCUT2D eigenvalue weighted by Gasteiger charge is -2.24. The van der Waals surface area contributed by atoms with Crippen molar-refractivity contribution < 1.29 is 23.1 Å². The summed E-state index contributed by atoms with van der Waals surface area (Å²) in [6.07, 6.45) is 0.399. The molecule has 2 amide bonds. The van der Waals surface area contributed by atoms with Crippen LogP contribution in [-0.4, -0.2) is 31.5 Å². The standard InChI is InChI=1S/C18H16F2N2O3/c1-21-18(24)16-6-11-4-2-3-5-15(11)22(16)17(23)10-25-14-8-12(19)7-13(20)9-14/h2-5,7-9,16H,6,10H2,1H3,(H,21,24). The Labute approximate surface area is 143 Å². The van der Waals surface area contributed by atoms with Gasteiger partial charge in [0.05, 0.1) is 0 Å². The Morgan fingerprint density at radius 3 is 2.56 bits per heavy atom. The minimum Gasteiger partial charge on any atom is -0.484 e. The van der Waals surface area contributed by atoms with Gasteiger partial charge in [-0.2, -0.15) is 0 Å². The molecule has 3 rings (SSSR count). The molecule has 0 aliphatic carbocycles. The van der Waals surface area contributed by atoms with Gasteiger partial charge in [0.1, 0.15) is 23.4 Å². The fourth-order valence-corrected chi connectivity index (χ4v) is 2.90. The summed E-state index contributed by atoms with van der Waals surface area (Å²) < 4.78 is 31.6.